The molecular formula is C6H4FLiSe. The molecule has 0 N–H and O–H groups in total. The van der Waals surface area contributed by atoms with Gasteiger partial charge in [-0.1, -0.05) is 0 Å². The van der Waals surface area contributed by atoms with Gasteiger partial charge in [0, 0.05) is 0 Å². The van der Waals surface area contributed by atoms with E-state index < -0.39 is 0 Å². The predicted molar refractivity (Wildman–Crippen MR) is 37.5 cm³/mol. The molecule has 42 valence electrons. The number of benzene rings is 1. The zero-order valence-electron chi connectivity index (χ0n) is 5.10. The van der Waals surface area contributed by atoms with E-state index in [0.717, 1.165) is 0 Å². The van der Waals surface area contributed by atoms with E-state index in [1.165, 1.54) is 16.6 Å². The average molecular weight is 181 g/mol. The Balaban J connectivity index is 2.88. The first-order valence-corrected chi connectivity index (χ1v) is 5.19. The average Bonchev–Trinajstić information content (AvgIpc) is 1.90. The van der Waals surface area contributed by atoms with E-state index in [1.54, 1.807) is 0 Å². The van der Waals surface area contributed by atoms with Crippen LogP contribution in [0.25, 0.3) is 0 Å². The predicted octanol–water partition coefficient (Wildman–Crippen LogP) is 0.239. The van der Waals surface area contributed by atoms with Crippen molar-refractivity contribution in [1.82, 2.24) is 0 Å². The quantitative estimate of drug-likeness (QED) is 0.544. The van der Waals surface area contributed by atoms with Crippen LogP contribution in [0, 0.1) is 5.82 Å². The van der Waals surface area contributed by atoms with Gasteiger partial charge < -0.3 is 0 Å². The maximum atomic E-state index is 12.2. The van der Waals surface area contributed by atoms with Gasteiger partial charge in [0.05, 0.1) is 0 Å². The molecule has 0 aliphatic carbocycles. The third-order valence-corrected chi connectivity index (χ3v) is 2.61. The van der Waals surface area contributed by atoms with Crippen LogP contribution in [0.15, 0.2) is 24.3 Å². The molecule has 0 amide bonds. The van der Waals surface area contributed by atoms with Crippen molar-refractivity contribution >= 4 is 33.0 Å². The van der Waals surface area contributed by atoms with Crippen LogP contribution >= 0.6 is 0 Å². The Morgan fingerprint density at radius 2 is 1.78 bits per heavy atom. The minimum atomic E-state index is -0.150. The maximum absolute atomic E-state index is 12.2. The Morgan fingerprint density at radius 1 is 1.22 bits per heavy atom. The molecule has 0 bridgehead atoms. The normalized spacial score (nSPS) is 9.67. The summed E-state index contributed by atoms with van der Waals surface area (Å²) in [4.78, 5) is 0. The standard InChI is InChI=1S/C6H5FSe.Li/c7-5-1-3-6(8)4-2-5;/h1-4,8H;/q;+1/p-1. The number of hydrogen-bond acceptors (Lipinski definition) is 0. The van der Waals surface area contributed by atoms with Crippen molar-refractivity contribution in [1.29, 1.82) is 0 Å². The van der Waals surface area contributed by atoms with Crippen LogP contribution < -0.4 is 4.46 Å². The molecule has 0 aliphatic heterocycles. The van der Waals surface area contributed by atoms with E-state index in [0.29, 0.717) is 12.8 Å². The van der Waals surface area contributed by atoms with Crippen molar-refractivity contribution < 1.29 is 4.39 Å². The summed E-state index contributed by atoms with van der Waals surface area (Å²) in [5.74, 6) is -0.150. The molecule has 3 heteroatoms. The minimum absolute atomic E-state index is 0.150. The van der Waals surface area contributed by atoms with Gasteiger partial charge in [-0.05, 0) is 0 Å². The fraction of sp³-hybridized carbons (Fsp3) is 0. The third-order valence-electron chi connectivity index (χ3n) is 1.05. The summed E-state index contributed by atoms with van der Waals surface area (Å²) in [6, 6.07) is 6.66. The summed E-state index contributed by atoms with van der Waals surface area (Å²) < 4.78 is 13.5. The Hall–Kier alpha value is 0.267. The Labute approximate surface area is 67.5 Å². The van der Waals surface area contributed by atoms with Gasteiger partial charge in [0.15, 0.2) is 0 Å². The Kier molecular flexibility index (Phi) is 2.82. The van der Waals surface area contributed by atoms with E-state index in [-0.39, 0.29) is 5.82 Å². The van der Waals surface area contributed by atoms with E-state index >= 15 is 0 Å². The van der Waals surface area contributed by atoms with Gasteiger partial charge in [0.2, 0.25) is 0 Å². The van der Waals surface area contributed by atoms with Crippen molar-refractivity contribution in [2.24, 2.45) is 0 Å². The van der Waals surface area contributed by atoms with Crippen LogP contribution in [-0.4, -0.2) is 28.5 Å². The SMILES string of the molecule is [Li][Se]c1ccc(F)cc1. The van der Waals surface area contributed by atoms with Gasteiger partial charge in [-0.3, -0.25) is 0 Å². The van der Waals surface area contributed by atoms with Crippen LogP contribution in [-0.2, 0) is 0 Å². The molecule has 0 aromatic heterocycles. The van der Waals surface area contributed by atoms with E-state index in [4.69, 9.17) is 0 Å². The molecule has 0 atom stereocenters. The first-order chi connectivity index (χ1) is 4.33. The summed E-state index contributed by atoms with van der Waals surface area (Å²) in [6.07, 6.45) is 0. The molecule has 0 saturated heterocycles. The molecule has 0 nitrogen and oxygen atoms in total. The molecule has 0 radical (unpaired) electrons. The number of rotatable bonds is 1. The van der Waals surface area contributed by atoms with Crippen LogP contribution in [0.1, 0.15) is 0 Å². The number of hydrogen-bond donors (Lipinski definition) is 0. The van der Waals surface area contributed by atoms with Crippen molar-refractivity contribution in [3.8, 4) is 0 Å². The molecular weight excluding hydrogens is 177 g/mol. The molecule has 1 aromatic rings. The molecule has 1 aromatic carbocycles. The van der Waals surface area contributed by atoms with Gasteiger partial charge in [-0.2, -0.15) is 0 Å². The monoisotopic (exact) mass is 182 g/mol. The summed E-state index contributed by atoms with van der Waals surface area (Å²) in [7, 11) is 0. The molecule has 0 heterocycles. The van der Waals surface area contributed by atoms with E-state index in [9.17, 15) is 4.39 Å². The van der Waals surface area contributed by atoms with Crippen molar-refractivity contribution in [2.75, 3.05) is 0 Å². The second kappa shape index (κ2) is 3.44. The van der Waals surface area contributed by atoms with Gasteiger partial charge in [0.1, 0.15) is 0 Å². The third kappa shape index (κ3) is 2.16. The number of halogens is 1. The van der Waals surface area contributed by atoms with E-state index in [2.05, 4.69) is 15.8 Å². The Morgan fingerprint density at radius 3 is 2.22 bits per heavy atom. The summed E-state index contributed by atoms with van der Waals surface area (Å²) in [6.45, 7) is 0. The fourth-order valence-corrected chi connectivity index (χ4v) is 1.43. The zero-order valence-corrected chi connectivity index (χ0v) is 6.81. The Bertz CT molecular complexity index is 185. The first-order valence-electron chi connectivity index (χ1n) is 2.62. The van der Waals surface area contributed by atoms with Crippen molar-refractivity contribution in [3.63, 3.8) is 0 Å². The first kappa shape index (κ1) is 7.37. The summed E-state index contributed by atoms with van der Waals surface area (Å²) >= 11 is 2.61. The summed E-state index contributed by atoms with van der Waals surface area (Å²) in [5, 5.41) is 0. The van der Waals surface area contributed by atoms with Crippen molar-refractivity contribution in [2.45, 2.75) is 0 Å². The van der Waals surface area contributed by atoms with Gasteiger partial charge in [-0.25, -0.2) is 0 Å². The summed E-state index contributed by atoms with van der Waals surface area (Å²) in [5.41, 5.74) is 0. The molecule has 9 heavy (non-hydrogen) atoms. The molecule has 0 spiro atoms. The van der Waals surface area contributed by atoms with Crippen LogP contribution in [0.3, 0.4) is 0 Å². The van der Waals surface area contributed by atoms with Crippen LogP contribution in [0.4, 0.5) is 4.39 Å². The fourth-order valence-electron chi connectivity index (χ4n) is 0.571. The van der Waals surface area contributed by atoms with Gasteiger partial charge in [0.25, 0.3) is 0 Å². The van der Waals surface area contributed by atoms with Crippen LogP contribution in [0.2, 0.25) is 0 Å². The van der Waals surface area contributed by atoms with Gasteiger partial charge in [-0.15, -0.1) is 0 Å². The molecule has 1 rings (SSSR count). The second-order valence-corrected chi connectivity index (χ2v) is 3.50. The molecule has 0 aliphatic rings. The van der Waals surface area contributed by atoms with E-state index in [1.807, 2.05) is 12.1 Å². The second-order valence-electron chi connectivity index (χ2n) is 1.66. The molecule has 0 fully saturated rings. The van der Waals surface area contributed by atoms with Crippen LogP contribution in [0.5, 0.6) is 0 Å². The topological polar surface area (TPSA) is 0 Å². The van der Waals surface area contributed by atoms with Crippen molar-refractivity contribution in [3.05, 3.63) is 30.1 Å². The zero-order chi connectivity index (χ0) is 6.69. The molecule has 0 saturated carbocycles. The molecule has 0 unspecified atom stereocenters. The van der Waals surface area contributed by atoms with Gasteiger partial charge >= 0.3 is 67.5 Å².